The Morgan fingerprint density at radius 3 is 2.70 bits per heavy atom. The second-order valence-electron chi connectivity index (χ2n) is 7.10. The molecular weight excluding hydrogens is 408 g/mol. The number of aryl methyl sites for hydroxylation is 2. The summed E-state index contributed by atoms with van der Waals surface area (Å²) in [5.41, 5.74) is 0.0989. The van der Waals surface area contributed by atoms with Gasteiger partial charge in [0, 0.05) is 7.05 Å². The van der Waals surface area contributed by atoms with Crippen LogP contribution in [-0.4, -0.2) is 48.0 Å². The van der Waals surface area contributed by atoms with E-state index >= 15 is 0 Å². The summed E-state index contributed by atoms with van der Waals surface area (Å²) in [6, 6.07) is 7.45. The Balaban J connectivity index is 1.95. The van der Waals surface area contributed by atoms with Crippen molar-refractivity contribution in [3.8, 4) is 5.75 Å². The third kappa shape index (κ3) is 4.49. The SMILES string of the molecule is CC(=O)[C@@H](C)Sc1nc2c(c(=O)[nH]c(=O)n2C)n1C[C@H](O)COc1ccccc1C. The van der Waals surface area contributed by atoms with Crippen molar-refractivity contribution in [1.82, 2.24) is 19.1 Å². The first-order valence-electron chi connectivity index (χ1n) is 9.42. The van der Waals surface area contributed by atoms with E-state index in [1.165, 1.54) is 34.9 Å². The van der Waals surface area contributed by atoms with Crippen LogP contribution in [0.5, 0.6) is 5.75 Å². The number of aromatic nitrogens is 4. The summed E-state index contributed by atoms with van der Waals surface area (Å²) in [6.07, 6.45) is -0.953. The van der Waals surface area contributed by atoms with Gasteiger partial charge in [0.15, 0.2) is 16.3 Å². The van der Waals surface area contributed by atoms with Gasteiger partial charge in [-0.3, -0.25) is 19.1 Å². The summed E-state index contributed by atoms with van der Waals surface area (Å²) in [6.45, 7) is 5.12. The molecule has 10 heteroatoms. The number of ketones is 1. The molecule has 0 unspecified atom stereocenters. The van der Waals surface area contributed by atoms with Crippen LogP contribution >= 0.6 is 11.8 Å². The normalized spacial score (nSPS) is 13.4. The number of fused-ring (bicyclic) bond motifs is 1. The molecule has 2 atom stereocenters. The fraction of sp³-hybridized carbons (Fsp3) is 0.400. The smallest absolute Gasteiger partial charge is 0.329 e. The van der Waals surface area contributed by atoms with E-state index in [0.29, 0.717) is 10.9 Å². The molecule has 0 amide bonds. The first-order chi connectivity index (χ1) is 14.2. The zero-order valence-corrected chi connectivity index (χ0v) is 18.0. The number of Topliss-reactive ketones (excluding diaryl/α,β-unsaturated/α-hetero) is 1. The topological polar surface area (TPSA) is 119 Å². The predicted molar refractivity (Wildman–Crippen MR) is 114 cm³/mol. The number of hydrogen-bond acceptors (Lipinski definition) is 7. The molecule has 1 aromatic carbocycles. The second-order valence-corrected chi connectivity index (χ2v) is 8.40. The molecule has 0 saturated carbocycles. The number of rotatable bonds is 8. The third-order valence-electron chi connectivity index (χ3n) is 4.74. The van der Waals surface area contributed by atoms with E-state index in [2.05, 4.69) is 9.97 Å². The number of aromatic amines is 1. The first kappa shape index (κ1) is 21.8. The van der Waals surface area contributed by atoms with E-state index in [1.54, 1.807) is 6.92 Å². The molecule has 0 aliphatic carbocycles. The zero-order valence-electron chi connectivity index (χ0n) is 17.2. The number of para-hydroxylation sites is 1. The summed E-state index contributed by atoms with van der Waals surface area (Å²) < 4.78 is 8.47. The molecule has 0 saturated heterocycles. The second kappa shape index (κ2) is 8.88. The minimum atomic E-state index is -0.953. The van der Waals surface area contributed by atoms with Crippen LogP contribution in [0.2, 0.25) is 0 Å². The molecule has 2 aromatic heterocycles. The maximum Gasteiger partial charge on any atom is 0.329 e. The average molecular weight is 433 g/mol. The number of imidazole rings is 1. The molecule has 0 aliphatic heterocycles. The molecule has 0 fully saturated rings. The van der Waals surface area contributed by atoms with Gasteiger partial charge in [-0.1, -0.05) is 30.0 Å². The number of ether oxygens (including phenoxy) is 1. The van der Waals surface area contributed by atoms with Crippen LogP contribution in [0.15, 0.2) is 39.0 Å². The van der Waals surface area contributed by atoms with Gasteiger partial charge in [0.2, 0.25) is 0 Å². The number of aliphatic hydroxyl groups is 1. The van der Waals surface area contributed by atoms with Crippen LogP contribution in [0.25, 0.3) is 11.2 Å². The molecule has 0 aliphatic rings. The molecule has 3 rings (SSSR count). The fourth-order valence-corrected chi connectivity index (χ4v) is 3.80. The van der Waals surface area contributed by atoms with Gasteiger partial charge in [0.1, 0.15) is 24.2 Å². The Hall–Kier alpha value is -2.85. The Labute approximate surface area is 176 Å². The molecule has 2 heterocycles. The minimum absolute atomic E-state index is 0.000560. The number of aliphatic hydroxyl groups excluding tert-OH is 1. The van der Waals surface area contributed by atoms with Crippen molar-refractivity contribution < 1.29 is 14.6 Å². The minimum Gasteiger partial charge on any atom is -0.491 e. The number of thioether (sulfide) groups is 1. The molecule has 3 aromatic rings. The highest BCUT2D eigenvalue weighted by Gasteiger charge is 2.22. The molecule has 30 heavy (non-hydrogen) atoms. The van der Waals surface area contributed by atoms with Gasteiger partial charge in [-0.25, -0.2) is 9.78 Å². The van der Waals surface area contributed by atoms with E-state index in [9.17, 15) is 19.5 Å². The van der Waals surface area contributed by atoms with Crippen molar-refractivity contribution in [2.75, 3.05) is 6.61 Å². The van der Waals surface area contributed by atoms with E-state index in [-0.39, 0.29) is 30.1 Å². The summed E-state index contributed by atoms with van der Waals surface area (Å²) in [5.74, 6) is 0.608. The van der Waals surface area contributed by atoms with Crippen molar-refractivity contribution >= 4 is 28.7 Å². The van der Waals surface area contributed by atoms with Crippen molar-refractivity contribution in [2.24, 2.45) is 7.05 Å². The van der Waals surface area contributed by atoms with Crippen molar-refractivity contribution in [3.05, 3.63) is 50.7 Å². The van der Waals surface area contributed by atoms with E-state index in [4.69, 9.17) is 4.74 Å². The lowest BCUT2D eigenvalue weighted by atomic mass is 10.2. The van der Waals surface area contributed by atoms with Gasteiger partial charge >= 0.3 is 5.69 Å². The van der Waals surface area contributed by atoms with Crippen molar-refractivity contribution in [2.45, 2.75) is 43.8 Å². The zero-order chi connectivity index (χ0) is 22.0. The first-order valence-corrected chi connectivity index (χ1v) is 10.3. The van der Waals surface area contributed by atoms with Crippen LogP contribution in [0, 0.1) is 6.92 Å². The summed E-state index contributed by atoms with van der Waals surface area (Å²) >= 11 is 1.17. The van der Waals surface area contributed by atoms with Gasteiger partial charge in [-0.15, -0.1) is 0 Å². The van der Waals surface area contributed by atoms with Crippen LogP contribution < -0.4 is 16.0 Å². The highest BCUT2D eigenvalue weighted by atomic mass is 32.2. The number of carbonyl (C=O) groups is 1. The standard InChI is InChI=1S/C20H24N4O5S/c1-11-7-5-6-8-15(11)29-10-14(26)9-24-16-17(23(4)19(28)22-18(16)27)21-20(24)30-13(3)12(2)25/h5-8,13-14,26H,9-10H2,1-4H3,(H,22,27,28)/t13-,14+/m1/s1. The molecule has 0 radical (unpaired) electrons. The summed E-state index contributed by atoms with van der Waals surface area (Å²) in [4.78, 5) is 42.8. The van der Waals surface area contributed by atoms with Crippen molar-refractivity contribution in [3.63, 3.8) is 0 Å². The Bertz CT molecular complexity index is 1200. The van der Waals surface area contributed by atoms with Crippen LogP contribution in [0.3, 0.4) is 0 Å². The Kier molecular flexibility index (Phi) is 6.47. The summed E-state index contributed by atoms with van der Waals surface area (Å²) in [5, 5.41) is 10.5. The van der Waals surface area contributed by atoms with Gasteiger partial charge in [-0.05, 0) is 32.4 Å². The molecule has 2 N–H and O–H groups in total. The van der Waals surface area contributed by atoms with Crippen molar-refractivity contribution in [1.29, 1.82) is 0 Å². The maximum absolute atomic E-state index is 12.5. The molecular formula is C20H24N4O5S. The van der Waals surface area contributed by atoms with Gasteiger partial charge in [0.25, 0.3) is 5.56 Å². The quantitative estimate of drug-likeness (QED) is 0.514. The molecule has 160 valence electrons. The number of H-pyrrole nitrogens is 1. The van der Waals surface area contributed by atoms with Crippen LogP contribution in [0.4, 0.5) is 0 Å². The number of carbonyl (C=O) groups excluding carboxylic acids is 1. The van der Waals surface area contributed by atoms with E-state index in [0.717, 1.165) is 5.56 Å². The lowest BCUT2D eigenvalue weighted by molar-refractivity contribution is -0.116. The van der Waals surface area contributed by atoms with E-state index < -0.39 is 22.6 Å². The number of benzene rings is 1. The number of hydrogen-bond donors (Lipinski definition) is 2. The predicted octanol–water partition coefficient (Wildman–Crippen LogP) is 1.24. The number of nitrogens with zero attached hydrogens (tertiary/aromatic N) is 3. The lowest BCUT2D eigenvalue weighted by Crippen LogP contribution is -2.30. The largest absolute Gasteiger partial charge is 0.491 e. The van der Waals surface area contributed by atoms with Crippen LogP contribution in [0.1, 0.15) is 19.4 Å². The van der Waals surface area contributed by atoms with Gasteiger partial charge in [-0.2, -0.15) is 0 Å². The Morgan fingerprint density at radius 2 is 2.03 bits per heavy atom. The maximum atomic E-state index is 12.5. The Morgan fingerprint density at radius 1 is 1.33 bits per heavy atom. The lowest BCUT2D eigenvalue weighted by Gasteiger charge is -2.16. The monoisotopic (exact) mass is 432 g/mol. The number of nitrogens with one attached hydrogen (secondary N) is 1. The molecule has 0 bridgehead atoms. The molecule has 0 spiro atoms. The average Bonchev–Trinajstić information content (AvgIpc) is 3.04. The molecule has 9 nitrogen and oxygen atoms in total. The van der Waals surface area contributed by atoms with Crippen LogP contribution in [-0.2, 0) is 18.4 Å². The van der Waals surface area contributed by atoms with E-state index in [1.807, 2.05) is 31.2 Å². The highest BCUT2D eigenvalue weighted by Crippen LogP contribution is 2.26. The highest BCUT2D eigenvalue weighted by molar-refractivity contribution is 8.00. The third-order valence-corrected chi connectivity index (χ3v) is 5.95. The fourth-order valence-electron chi connectivity index (χ4n) is 2.88. The van der Waals surface area contributed by atoms with Gasteiger partial charge in [0.05, 0.1) is 11.8 Å². The van der Waals surface area contributed by atoms with Gasteiger partial charge < -0.3 is 14.4 Å². The summed E-state index contributed by atoms with van der Waals surface area (Å²) in [7, 11) is 1.50.